The fourth-order valence-electron chi connectivity index (χ4n) is 3.70. The van der Waals surface area contributed by atoms with Crippen LogP contribution >= 0.6 is 0 Å². The molecule has 3 aliphatic rings. The first kappa shape index (κ1) is 11.9. The standard InChI is InChI=1S/C14H25NO2/c1-4-8-15(9-5-1)11-13-10-14(17-12-16-13)6-2-3-7-14/h13H,1-12H2. The van der Waals surface area contributed by atoms with E-state index < -0.39 is 0 Å². The van der Waals surface area contributed by atoms with Crippen LogP contribution in [0.5, 0.6) is 0 Å². The molecule has 0 aromatic rings. The smallest absolute Gasteiger partial charge is 0.147 e. The van der Waals surface area contributed by atoms with Crippen LogP contribution < -0.4 is 0 Å². The van der Waals surface area contributed by atoms with E-state index in [-0.39, 0.29) is 5.60 Å². The molecule has 0 bridgehead atoms. The Kier molecular flexibility index (Phi) is 3.69. The molecule has 3 fully saturated rings. The Morgan fingerprint density at radius 1 is 1.00 bits per heavy atom. The molecule has 1 aliphatic carbocycles. The number of piperidine rings is 1. The van der Waals surface area contributed by atoms with Crippen molar-refractivity contribution in [1.82, 2.24) is 4.90 Å². The zero-order valence-corrected chi connectivity index (χ0v) is 10.8. The summed E-state index contributed by atoms with van der Waals surface area (Å²) in [6.45, 7) is 4.20. The van der Waals surface area contributed by atoms with Gasteiger partial charge in [0.05, 0.1) is 11.7 Å². The fraction of sp³-hybridized carbons (Fsp3) is 1.00. The highest BCUT2D eigenvalue weighted by atomic mass is 16.7. The van der Waals surface area contributed by atoms with E-state index in [0.717, 1.165) is 13.0 Å². The molecule has 0 aromatic carbocycles. The SMILES string of the molecule is C1CCN(CC2CC3(CCCC3)OCO2)CC1. The molecule has 3 rings (SSSR count). The maximum Gasteiger partial charge on any atom is 0.147 e. The van der Waals surface area contributed by atoms with Crippen LogP contribution in [0.3, 0.4) is 0 Å². The number of ether oxygens (including phenoxy) is 2. The van der Waals surface area contributed by atoms with Gasteiger partial charge >= 0.3 is 0 Å². The second-order valence-corrected chi connectivity index (χ2v) is 6.01. The zero-order chi connectivity index (χ0) is 11.6. The van der Waals surface area contributed by atoms with Gasteiger partial charge in [0.15, 0.2) is 0 Å². The lowest BCUT2D eigenvalue weighted by atomic mass is 9.92. The summed E-state index contributed by atoms with van der Waals surface area (Å²) >= 11 is 0. The topological polar surface area (TPSA) is 21.7 Å². The highest BCUT2D eigenvalue weighted by Crippen LogP contribution is 2.39. The van der Waals surface area contributed by atoms with Gasteiger partial charge in [0.2, 0.25) is 0 Å². The lowest BCUT2D eigenvalue weighted by molar-refractivity contribution is -0.223. The van der Waals surface area contributed by atoms with E-state index >= 15 is 0 Å². The minimum absolute atomic E-state index is 0.193. The van der Waals surface area contributed by atoms with Crippen LogP contribution in [-0.4, -0.2) is 43.0 Å². The van der Waals surface area contributed by atoms with E-state index in [1.54, 1.807) is 0 Å². The van der Waals surface area contributed by atoms with Gasteiger partial charge < -0.3 is 14.4 Å². The highest BCUT2D eigenvalue weighted by molar-refractivity contribution is 4.91. The van der Waals surface area contributed by atoms with Gasteiger partial charge in [-0.25, -0.2) is 0 Å². The van der Waals surface area contributed by atoms with Crippen molar-refractivity contribution in [3.63, 3.8) is 0 Å². The molecule has 17 heavy (non-hydrogen) atoms. The summed E-state index contributed by atoms with van der Waals surface area (Å²) in [5.41, 5.74) is 0.193. The third-order valence-electron chi connectivity index (χ3n) is 4.69. The van der Waals surface area contributed by atoms with E-state index in [9.17, 15) is 0 Å². The van der Waals surface area contributed by atoms with Gasteiger partial charge in [-0.2, -0.15) is 0 Å². The van der Waals surface area contributed by atoms with Crippen LogP contribution in [0.4, 0.5) is 0 Å². The van der Waals surface area contributed by atoms with Crippen molar-refractivity contribution in [2.45, 2.75) is 63.1 Å². The second kappa shape index (κ2) is 5.25. The Morgan fingerprint density at radius 2 is 1.76 bits per heavy atom. The van der Waals surface area contributed by atoms with Gasteiger partial charge in [0, 0.05) is 13.0 Å². The molecular weight excluding hydrogens is 214 g/mol. The molecule has 98 valence electrons. The first-order valence-electron chi connectivity index (χ1n) is 7.34. The summed E-state index contributed by atoms with van der Waals surface area (Å²) in [4.78, 5) is 2.59. The first-order valence-corrected chi connectivity index (χ1v) is 7.34. The van der Waals surface area contributed by atoms with Crippen molar-refractivity contribution in [1.29, 1.82) is 0 Å². The molecule has 3 heteroatoms. The van der Waals surface area contributed by atoms with Gasteiger partial charge in [-0.3, -0.25) is 0 Å². The molecular formula is C14H25NO2. The molecule has 0 amide bonds. The third kappa shape index (κ3) is 2.83. The minimum Gasteiger partial charge on any atom is -0.351 e. The summed E-state index contributed by atoms with van der Waals surface area (Å²) in [5.74, 6) is 0. The van der Waals surface area contributed by atoms with Crippen molar-refractivity contribution in [2.75, 3.05) is 26.4 Å². The van der Waals surface area contributed by atoms with E-state index in [4.69, 9.17) is 9.47 Å². The van der Waals surface area contributed by atoms with Gasteiger partial charge in [0.25, 0.3) is 0 Å². The predicted molar refractivity (Wildman–Crippen MR) is 66.9 cm³/mol. The maximum atomic E-state index is 5.91. The molecule has 0 N–H and O–H groups in total. The van der Waals surface area contributed by atoms with Crippen LogP contribution in [0.25, 0.3) is 0 Å². The fourth-order valence-corrected chi connectivity index (χ4v) is 3.70. The summed E-state index contributed by atoms with van der Waals surface area (Å²) in [6, 6.07) is 0. The molecule has 1 atom stereocenters. The quantitative estimate of drug-likeness (QED) is 0.739. The molecule has 2 saturated heterocycles. The van der Waals surface area contributed by atoms with E-state index in [1.807, 2.05) is 0 Å². The number of likely N-dealkylation sites (tertiary alicyclic amines) is 1. The summed E-state index contributed by atoms with van der Waals surface area (Å²) in [5, 5.41) is 0. The third-order valence-corrected chi connectivity index (χ3v) is 4.69. The Hall–Kier alpha value is -0.120. The van der Waals surface area contributed by atoms with E-state index in [0.29, 0.717) is 12.9 Å². The normalized spacial score (nSPS) is 34.2. The van der Waals surface area contributed by atoms with Crippen molar-refractivity contribution in [3.8, 4) is 0 Å². The van der Waals surface area contributed by atoms with Crippen molar-refractivity contribution >= 4 is 0 Å². The maximum absolute atomic E-state index is 5.91. The van der Waals surface area contributed by atoms with Crippen LogP contribution in [0, 0.1) is 0 Å². The van der Waals surface area contributed by atoms with Gasteiger partial charge in [0.1, 0.15) is 6.79 Å². The van der Waals surface area contributed by atoms with Crippen LogP contribution in [0.2, 0.25) is 0 Å². The summed E-state index contributed by atoms with van der Waals surface area (Å²) < 4.78 is 11.7. The van der Waals surface area contributed by atoms with Crippen LogP contribution in [0.1, 0.15) is 51.4 Å². The van der Waals surface area contributed by atoms with E-state index in [2.05, 4.69) is 4.90 Å². The molecule has 1 unspecified atom stereocenters. The number of hydrogen-bond acceptors (Lipinski definition) is 3. The first-order chi connectivity index (χ1) is 8.36. The predicted octanol–water partition coefficient (Wildman–Crippen LogP) is 2.55. The molecule has 1 spiro atoms. The van der Waals surface area contributed by atoms with Gasteiger partial charge in [-0.1, -0.05) is 19.3 Å². The van der Waals surface area contributed by atoms with Gasteiger partial charge in [-0.05, 0) is 38.8 Å². The lowest BCUT2D eigenvalue weighted by Gasteiger charge is -2.40. The van der Waals surface area contributed by atoms with E-state index in [1.165, 1.54) is 58.0 Å². The van der Waals surface area contributed by atoms with Crippen molar-refractivity contribution < 1.29 is 9.47 Å². The number of rotatable bonds is 2. The lowest BCUT2D eigenvalue weighted by Crippen LogP contribution is -2.46. The van der Waals surface area contributed by atoms with Crippen LogP contribution in [-0.2, 0) is 9.47 Å². The Balaban J connectivity index is 1.52. The summed E-state index contributed by atoms with van der Waals surface area (Å²) in [6.07, 6.45) is 10.9. The summed E-state index contributed by atoms with van der Waals surface area (Å²) in [7, 11) is 0. The molecule has 1 saturated carbocycles. The Labute approximate surface area is 104 Å². The molecule has 3 nitrogen and oxygen atoms in total. The van der Waals surface area contributed by atoms with Crippen LogP contribution in [0.15, 0.2) is 0 Å². The minimum atomic E-state index is 0.193. The molecule has 2 aliphatic heterocycles. The van der Waals surface area contributed by atoms with Crippen molar-refractivity contribution in [2.24, 2.45) is 0 Å². The monoisotopic (exact) mass is 239 g/mol. The Bertz CT molecular complexity index is 245. The molecule has 0 radical (unpaired) electrons. The number of nitrogens with zero attached hydrogens (tertiary/aromatic N) is 1. The van der Waals surface area contributed by atoms with Crippen molar-refractivity contribution in [3.05, 3.63) is 0 Å². The molecule has 2 heterocycles. The number of hydrogen-bond donors (Lipinski definition) is 0. The average Bonchev–Trinajstić information content (AvgIpc) is 2.79. The highest BCUT2D eigenvalue weighted by Gasteiger charge is 2.40. The van der Waals surface area contributed by atoms with Gasteiger partial charge in [-0.15, -0.1) is 0 Å². The largest absolute Gasteiger partial charge is 0.351 e. The second-order valence-electron chi connectivity index (χ2n) is 6.01. The Morgan fingerprint density at radius 3 is 2.53 bits per heavy atom. The zero-order valence-electron chi connectivity index (χ0n) is 10.8. The molecule has 0 aromatic heterocycles. The average molecular weight is 239 g/mol.